The number of rotatable bonds is 11. The zero-order chi connectivity index (χ0) is 30.5. The van der Waals surface area contributed by atoms with Gasteiger partial charge >= 0.3 is 0 Å². The number of hydrogen-bond acceptors (Lipinski definition) is 4. The van der Waals surface area contributed by atoms with Crippen molar-refractivity contribution in [3.63, 3.8) is 0 Å². The van der Waals surface area contributed by atoms with Crippen molar-refractivity contribution in [1.29, 1.82) is 0 Å². The average Bonchev–Trinajstić information content (AvgIpc) is 3.68. The number of hydrogen-bond donors (Lipinski definition) is 3. The Bertz CT molecular complexity index is 1260. The van der Waals surface area contributed by atoms with Gasteiger partial charge in [0.1, 0.15) is 17.6 Å². The van der Waals surface area contributed by atoms with Gasteiger partial charge in [0, 0.05) is 18.3 Å². The van der Waals surface area contributed by atoms with E-state index < -0.39 is 23.7 Å². The summed E-state index contributed by atoms with van der Waals surface area (Å²) in [6.45, 7) is 5.69. The fourth-order valence-electron chi connectivity index (χ4n) is 7.24. The molecule has 0 aliphatic heterocycles. The summed E-state index contributed by atoms with van der Waals surface area (Å²) in [7, 11) is 0. The molecule has 3 amide bonds. The number of aromatic nitrogens is 2. The lowest BCUT2D eigenvalue weighted by molar-refractivity contribution is -0.122. The standard InChI is InChI=1S/C34H48FN5O3/c1-21(2)40-29(18-19-36-40)33(42)39-31(30(23-10-6-4-7-11-23)24-12-8-5-9-13-24)34(43)38-28-17-14-25(20-27(28)35)22(3)32(41)37-26-15-16-26/h14,17-24,26,30-31H,4-13,15-16H2,1-3H3,(H,37,41)(H,38,43)(H,39,42)/t22-,31-/m0/s1. The highest BCUT2D eigenvalue weighted by molar-refractivity contribution is 6.01. The van der Waals surface area contributed by atoms with E-state index in [9.17, 15) is 14.4 Å². The Labute approximate surface area is 255 Å². The molecule has 3 aliphatic rings. The molecule has 1 heterocycles. The highest BCUT2D eigenvalue weighted by Gasteiger charge is 2.41. The van der Waals surface area contributed by atoms with Crippen molar-refractivity contribution in [2.45, 2.75) is 122 Å². The summed E-state index contributed by atoms with van der Waals surface area (Å²) in [6, 6.07) is 5.65. The lowest BCUT2D eigenvalue weighted by Crippen LogP contribution is -2.53. The molecule has 1 aromatic carbocycles. The third-order valence-corrected chi connectivity index (χ3v) is 9.80. The van der Waals surface area contributed by atoms with E-state index in [1.54, 1.807) is 29.9 Å². The number of carbonyl (C=O) groups excluding carboxylic acids is 3. The molecule has 5 rings (SSSR count). The van der Waals surface area contributed by atoms with Crippen LogP contribution in [0, 0.1) is 23.6 Å². The van der Waals surface area contributed by atoms with Crippen LogP contribution in [0.1, 0.15) is 126 Å². The fraction of sp³-hybridized carbons (Fsp3) is 0.647. The monoisotopic (exact) mass is 593 g/mol. The van der Waals surface area contributed by atoms with Gasteiger partial charge in [0.2, 0.25) is 11.8 Å². The maximum Gasteiger partial charge on any atom is 0.270 e. The summed E-state index contributed by atoms with van der Waals surface area (Å²) in [6.07, 6.45) is 14.6. The highest BCUT2D eigenvalue weighted by atomic mass is 19.1. The first-order chi connectivity index (χ1) is 20.7. The van der Waals surface area contributed by atoms with Crippen molar-refractivity contribution in [2.24, 2.45) is 17.8 Å². The van der Waals surface area contributed by atoms with Gasteiger partial charge in [0.15, 0.2) is 0 Å². The van der Waals surface area contributed by atoms with Crippen LogP contribution in [0.3, 0.4) is 0 Å². The maximum absolute atomic E-state index is 15.5. The van der Waals surface area contributed by atoms with Crippen molar-refractivity contribution < 1.29 is 18.8 Å². The topological polar surface area (TPSA) is 105 Å². The van der Waals surface area contributed by atoms with Gasteiger partial charge in [-0.3, -0.25) is 19.1 Å². The summed E-state index contributed by atoms with van der Waals surface area (Å²) in [4.78, 5) is 40.5. The molecule has 2 aromatic rings. The number of halogens is 1. The van der Waals surface area contributed by atoms with Crippen molar-refractivity contribution in [1.82, 2.24) is 20.4 Å². The van der Waals surface area contributed by atoms with Gasteiger partial charge < -0.3 is 16.0 Å². The van der Waals surface area contributed by atoms with Gasteiger partial charge in [0.25, 0.3) is 5.91 Å². The zero-order valence-corrected chi connectivity index (χ0v) is 25.9. The molecule has 234 valence electrons. The van der Waals surface area contributed by atoms with E-state index in [2.05, 4.69) is 21.0 Å². The number of nitrogens with zero attached hydrogens (tertiary/aromatic N) is 2. The van der Waals surface area contributed by atoms with Gasteiger partial charge in [-0.2, -0.15) is 5.10 Å². The predicted molar refractivity (Wildman–Crippen MR) is 165 cm³/mol. The third kappa shape index (κ3) is 7.65. The average molecular weight is 594 g/mol. The van der Waals surface area contributed by atoms with E-state index in [0.29, 0.717) is 23.1 Å². The highest BCUT2D eigenvalue weighted by Crippen LogP contribution is 2.42. The first-order valence-corrected chi connectivity index (χ1v) is 16.5. The summed E-state index contributed by atoms with van der Waals surface area (Å²) in [5.74, 6) is -1.34. The van der Waals surface area contributed by atoms with Gasteiger partial charge in [-0.05, 0) is 75.1 Å². The number of anilines is 1. The number of amides is 3. The molecule has 3 aliphatic carbocycles. The normalized spacial score (nSPS) is 19.7. The molecule has 2 atom stereocenters. The van der Waals surface area contributed by atoms with Gasteiger partial charge in [0.05, 0.1) is 11.6 Å². The van der Waals surface area contributed by atoms with Crippen LogP contribution in [-0.2, 0) is 9.59 Å². The molecule has 1 aromatic heterocycles. The fourth-order valence-corrected chi connectivity index (χ4v) is 7.24. The van der Waals surface area contributed by atoms with Gasteiger partial charge in [-0.1, -0.05) is 70.3 Å². The molecule has 3 saturated carbocycles. The van der Waals surface area contributed by atoms with Crippen LogP contribution in [0.25, 0.3) is 0 Å². The second kappa shape index (κ2) is 14.0. The number of carbonyl (C=O) groups is 3. The second-order valence-corrected chi connectivity index (χ2v) is 13.3. The van der Waals surface area contributed by atoms with E-state index in [1.165, 1.54) is 25.0 Å². The van der Waals surface area contributed by atoms with Crippen molar-refractivity contribution in [2.75, 3.05) is 5.32 Å². The molecule has 3 fully saturated rings. The van der Waals surface area contributed by atoms with E-state index in [1.807, 2.05) is 13.8 Å². The molecule has 9 heteroatoms. The van der Waals surface area contributed by atoms with E-state index in [4.69, 9.17) is 0 Å². The molecule has 3 N–H and O–H groups in total. The molecule has 0 bridgehead atoms. The van der Waals surface area contributed by atoms with E-state index in [-0.39, 0.29) is 35.5 Å². The number of nitrogens with one attached hydrogen (secondary N) is 3. The Morgan fingerprint density at radius 2 is 1.49 bits per heavy atom. The smallest absolute Gasteiger partial charge is 0.270 e. The van der Waals surface area contributed by atoms with Gasteiger partial charge in [-0.25, -0.2) is 4.39 Å². The van der Waals surface area contributed by atoms with Crippen LogP contribution >= 0.6 is 0 Å². The minimum atomic E-state index is -0.809. The van der Waals surface area contributed by atoms with E-state index >= 15 is 4.39 Å². The Balaban J connectivity index is 1.41. The lowest BCUT2D eigenvalue weighted by Gasteiger charge is -2.42. The minimum absolute atomic E-state index is 0.0168. The van der Waals surface area contributed by atoms with Crippen LogP contribution in [0.5, 0.6) is 0 Å². The first-order valence-electron chi connectivity index (χ1n) is 16.5. The van der Waals surface area contributed by atoms with Crippen LogP contribution in [0.4, 0.5) is 10.1 Å². The molecule has 0 saturated heterocycles. The SMILES string of the molecule is CC(C)n1nccc1C(=O)N[C@H](C(=O)Nc1ccc([C@H](C)C(=O)NC2CC2)cc1F)C(C1CCCCC1)C1CCCCC1. The summed E-state index contributed by atoms with van der Waals surface area (Å²) in [5.41, 5.74) is 1.02. The largest absolute Gasteiger partial charge is 0.353 e. The first kappa shape index (κ1) is 31.2. The Kier molecular flexibility index (Phi) is 10.2. The van der Waals surface area contributed by atoms with Crippen LogP contribution < -0.4 is 16.0 Å². The Morgan fingerprint density at radius 1 is 0.860 bits per heavy atom. The van der Waals surface area contributed by atoms with E-state index in [0.717, 1.165) is 64.2 Å². The molecule has 8 nitrogen and oxygen atoms in total. The predicted octanol–water partition coefficient (Wildman–Crippen LogP) is 6.50. The molecule has 0 unspecified atom stereocenters. The molecule has 0 spiro atoms. The van der Waals surface area contributed by atoms with Crippen molar-refractivity contribution in [3.05, 3.63) is 47.5 Å². The van der Waals surface area contributed by atoms with Crippen molar-refractivity contribution in [3.8, 4) is 0 Å². The minimum Gasteiger partial charge on any atom is -0.353 e. The van der Waals surface area contributed by atoms with Crippen LogP contribution in [0.15, 0.2) is 30.5 Å². The Hall–Kier alpha value is -3.23. The summed E-state index contributed by atoms with van der Waals surface area (Å²) in [5, 5.41) is 13.3. The van der Waals surface area contributed by atoms with Crippen molar-refractivity contribution >= 4 is 23.4 Å². The number of benzene rings is 1. The Morgan fingerprint density at radius 3 is 2.05 bits per heavy atom. The van der Waals surface area contributed by atoms with Gasteiger partial charge in [-0.15, -0.1) is 0 Å². The molecular weight excluding hydrogens is 545 g/mol. The molecular formula is C34H48FN5O3. The summed E-state index contributed by atoms with van der Waals surface area (Å²) < 4.78 is 17.1. The second-order valence-electron chi connectivity index (χ2n) is 13.3. The molecule has 0 radical (unpaired) electrons. The third-order valence-electron chi connectivity index (χ3n) is 9.80. The molecule has 43 heavy (non-hydrogen) atoms. The quantitative estimate of drug-likeness (QED) is 0.277. The maximum atomic E-state index is 15.5. The van der Waals surface area contributed by atoms with Crippen LogP contribution in [0.2, 0.25) is 0 Å². The summed E-state index contributed by atoms with van der Waals surface area (Å²) >= 11 is 0. The van der Waals surface area contributed by atoms with Crippen LogP contribution in [-0.4, -0.2) is 39.6 Å². The lowest BCUT2D eigenvalue weighted by atomic mass is 9.66. The zero-order valence-electron chi connectivity index (χ0n) is 25.9.